The molecule has 0 spiro atoms. The average Bonchev–Trinajstić information content (AvgIpc) is 3.28. The molecular formula is C17H27N3OS. The number of nitrogens with one attached hydrogen (secondary N) is 2. The summed E-state index contributed by atoms with van der Waals surface area (Å²) in [5.74, 6) is 3.32. The molecule has 2 aliphatic rings. The van der Waals surface area contributed by atoms with Gasteiger partial charge < -0.3 is 15.1 Å². The zero-order valence-electron chi connectivity index (χ0n) is 13.2. The maximum Gasteiger partial charge on any atom is 0.191 e. The molecule has 1 unspecified atom stereocenters. The van der Waals surface area contributed by atoms with Gasteiger partial charge in [0.2, 0.25) is 0 Å². The minimum absolute atomic E-state index is 0.603. The first-order valence-electron chi connectivity index (χ1n) is 8.59. The smallest absolute Gasteiger partial charge is 0.191 e. The lowest BCUT2D eigenvalue weighted by Gasteiger charge is -2.18. The van der Waals surface area contributed by atoms with Gasteiger partial charge >= 0.3 is 0 Å². The number of guanidine groups is 1. The molecule has 2 heterocycles. The van der Waals surface area contributed by atoms with Crippen LogP contribution in [0.2, 0.25) is 0 Å². The Morgan fingerprint density at radius 3 is 2.91 bits per heavy atom. The predicted octanol–water partition coefficient (Wildman–Crippen LogP) is 3.20. The lowest BCUT2D eigenvalue weighted by atomic mass is 10.2. The van der Waals surface area contributed by atoms with Gasteiger partial charge in [0.25, 0.3) is 0 Å². The third kappa shape index (κ3) is 4.97. The molecule has 2 fully saturated rings. The van der Waals surface area contributed by atoms with E-state index in [4.69, 9.17) is 9.41 Å². The molecule has 0 bridgehead atoms. The molecule has 4 nitrogen and oxygen atoms in total. The normalized spacial score (nSPS) is 23.1. The number of hydrogen-bond donors (Lipinski definition) is 2. The molecule has 1 atom stereocenters. The van der Waals surface area contributed by atoms with E-state index in [-0.39, 0.29) is 0 Å². The molecular weight excluding hydrogens is 294 g/mol. The minimum atomic E-state index is 0.603. The first-order valence-corrected chi connectivity index (χ1v) is 9.64. The van der Waals surface area contributed by atoms with Crippen molar-refractivity contribution in [3.05, 3.63) is 24.2 Å². The Morgan fingerprint density at radius 2 is 2.18 bits per heavy atom. The second kappa shape index (κ2) is 8.51. The first-order chi connectivity index (χ1) is 10.9. The lowest BCUT2D eigenvalue weighted by molar-refractivity contribution is 0.506. The van der Waals surface area contributed by atoms with E-state index in [1.54, 1.807) is 6.26 Å². The lowest BCUT2D eigenvalue weighted by Crippen LogP contribution is -2.43. The zero-order valence-corrected chi connectivity index (χ0v) is 14.0. The van der Waals surface area contributed by atoms with Crippen molar-refractivity contribution in [2.24, 2.45) is 4.99 Å². The molecule has 0 aromatic carbocycles. The molecule has 1 saturated carbocycles. The Labute approximate surface area is 137 Å². The van der Waals surface area contributed by atoms with Crippen molar-refractivity contribution in [2.75, 3.05) is 18.8 Å². The molecule has 1 aliphatic heterocycles. The number of rotatable bonds is 6. The van der Waals surface area contributed by atoms with Gasteiger partial charge in [0, 0.05) is 24.3 Å². The van der Waals surface area contributed by atoms with Crippen molar-refractivity contribution in [1.29, 1.82) is 0 Å². The third-order valence-corrected chi connectivity index (χ3v) is 5.80. The third-order valence-electron chi connectivity index (χ3n) is 4.42. The summed E-state index contributed by atoms with van der Waals surface area (Å²) in [6.45, 7) is 1.80. The quantitative estimate of drug-likeness (QED) is 0.624. The molecule has 122 valence electrons. The summed E-state index contributed by atoms with van der Waals surface area (Å²) in [4.78, 5) is 4.83. The van der Waals surface area contributed by atoms with Crippen LogP contribution in [-0.2, 0) is 6.42 Å². The predicted molar refractivity (Wildman–Crippen MR) is 93.6 cm³/mol. The van der Waals surface area contributed by atoms with Gasteiger partial charge in [-0.1, -0.05) is 12.8 Å². The van der Waals surface area contributed by atoms with Crippen LogP contribution >= 0.6 is 11.8 Å². The molecule has 1 aromatic heterocycles. The van der Waals surface area contributed by atoms with Crippen LogP contribution in [0.15, 0.2) is 27.8 Å². The zero-order chi connectivity index (χ0) is 15.0. The van der Waals surface area contributed by atoms with E-state index >= 15 is 0 Å². The second-order valence-electron chi connectivity index (χ2n) is 6.21. The van der Waals surface area contributed by atoms with Crippen LogP contribution in [0, 0.1) is 0 Å². The van der Waals surface area contributed by atoms with Gasteiger partial charge in [0.15, 0.2) is 5.96 Å². The fourth-order valence-electron chi connectivity index (χ4n) is 3.16. The highest BCUT2D eigenvalue weighted by Crippen LogP contribution is 2.26. The largest absolute Gasteiger partial charge is 0.469 e. The molecule has 1 aromatic rings. The SMILES string of the molecule is c1coc(CCNC(=NCC2CCCS2)NC2CCCC2)c1. The topological polar surface area (TPSA) is 49.6 Å². The van der Waals surface area contributed by atoms with E-state index in [0.29, 0.717) is 11.3 Å². The average molecular weight is 321 g/mol. The Kier molecular flexibility index (Phi) is 6.11. The van der Waals surface area contributed by atoms with Gasteiger partial charge in [-0.25, -0.2) is 0 Å². The molecule has 0 radical (unpaired) electrons. The molecule has 3 rings (SSSR count). The Morgan fingerprint density at radius 1 is 1.27 bits per heavy atom. The van der Waals surface area contributed by atoms with E-state index in [0.717, 1.165) is 31.2 Å². The maximum atomic E-state index is 5.39. The fraction of sp³-hybridized carbons (Fsp3) is 0.706. The van der Waals surface area contributed by atoms with E-state index in [2.05, 4.69) is 22.4 Å². The second-order valence-corrected chi connectivity index (χ2v) is 7.61. The minimum Gasteiger partial charge on any atom is -0.469 e. The summed E-state index contributed by atoms with van der Waals surface area (Å²) >= 11 is 2.07. The van der Waals surface area contributed by atoms with Crippen LogP contribution in [0.3, 0.4) is 0 Å². The molecule has 0 amide bonds. The van der Waals surface area contributed by atoms with Crippen molar-refractivity contribution in [3.63, 3.8) is 0 Å². The van der Waals surface area contributed by atoms with Gasteiger partial charge in [-0.15, -0.1) is 0 Å². The standard InChI is InChI=1S/C17H27N3OS/c1-2-6-14(5-1)20-17(19-13-16-8-4-12-22-16)18-10-9-15-7-3-11-21-15/h3,7,11,14,16H,1-2,4-6,8-10,12-13H2,(H2,18,19,20). The van der Waals surface area contributed by atoms with Crippen molar-refractivity contribution >= 4 is 17.7 Å². The summed E-state index contributed by atoms with van der Waals surface area (Å²) in [5.41, 5.74) is 0. The molecule has 5 heteroatoms. The number of hydrogen-bond acceptors (Lipinski definition) is 3. The highest BCUT2D eigenvalue weighted by Gasteiger charge is 2.18. The molecule has 22 heavy (non-hydrogen) atoms. The monoisotopic (exact) mass is 321 g/mol. The van der Waals surface area contributed by atoms with Crippen LogP contribution in [0.4, 0.5) is 0 Å². The van der Waals surface area contributed by atoms with Gasteiger partial charge in [-0.3, -0.25) is 4.99 Å². The van der Waals surface area contributed by atoms with E-state index in [9.17, 15) is 0 Å². The van der Waals surface area contributed by atoms with Crippen molar-refractivity contribution < 1.29 is 4.42 Å². The van der Waals surface area contributed by atoms with Gasteiger partial charge in [-0.05, 0) is 43.6 Å². The first kappa shape index (κ1) is 15.8. The van der Waals surface area contributed by atoms with E-state index in [1.165, 1.54) is 44.3 Å². The Bertz CT molecular complexity index is 448. The molecule has 2 N–H and O–H groups in total. The number of aliphatic imine (C=N–C) groups is 1. The highest BCUT2D eigenvalue weighted by molar-refractivity contribution is 8.00. The van der Waals surface area contributed by atoms with Crippen molar-refractivity contribution in [1.82, 2.24) is 10.6 Å². The molecule has 1 aliphatic carbocycles. The van der Waals surface area contributed by atoms with Crippen molar-refractivity contribution in [2.45, 2.75) is 56.2 Å². The molecule has 1 saturated heterocycles. The summed E-state index contributed by atoms with van der Waals surface area (Å²) in [5, 5.41) is 7.81. The number of thioether (sulfide) groups is 1. The fourth-order valence-corrected chi connectivity index (χ4v) is 4.34. The van der Waals surface area contributed by atoms with Gasteiger partial charge in [0.1, 0.15) is 5.76 Å². The van der Waals surface area contributed by atoms with Crippen LogP contribution in [-0.4, -0.2) is 36.1 Å². The van der Waals surface area contributed by atoms with Gasteiger partial charge in [-0.2, -0.15) is 11.8 Å². The summed E-state index contributed by atoms with van der Waals surface area (Å²) in [7, 11) is 0. The highest BCUT2D eigenvalue weighted by atomic mass is 32.2. The van der Waals surface area contributed by atoms with E-state index < -0.39 is 0 Å². The Balaban J connectivity index is 1.48. The maximum absolute atomic E-state index is 5.39. The van der Waals surface area contributed by atoms with Crippen LogP contribution in [0.1, 0.15) is 44.3 Å². The number of nitrogens with zero attached hydrogens (tertiary/aromatic N) is 1. The van der Waals surface area contributed by atoms with Gasteiger partial charge in [0.05, 0.1) is 12.8 Å². The Hall–Kier alpha value is -1.10. The van der Waals surface area contributed by atoms with E-state index in [1.807, 2.05) is 12.1 Å². The summed E-state index contributed by atoms with van der Waals surface area (Å²) in [6, 6.07) is 4.57. The van der Waals surface area contributed by atoms with Crippen LogP contribution in [0.25, 0.3) is 0 Å². The van der Waals surface area contributed by atoms with Crippen LogP contribution in [0.5, 0.6) is 0 Å². The van der Waals surface area contributed by atoms with Crippen molar-refractivity contribution in [3.8, 4) is 0 Å². The van der Waals surface area contributed by atoms with Crippen LogP contribution < -0.4 is 10.6 Å². The summed E-state index contributed by atoms with van der Waals surface area (Å²) < 4.78 is 5.39. The summed E-state index contributed by atoms with van der Waals surface area (Å²) in [6.07, 6.45) is 10.5. The number of furan rings is 1.